The Hall–Kier alpha value is -1.45. The summed E-state index contributed by atoms with van der Waals surface area (Å²) in [5, 5.41) is 10.7. The number of methoxy groups -OCH3 is 2. The van der Waals surface area contributed by atoms with E-state index >= 15 is 0 Å². The van der Waals surface area contributed by atoms with E-state index in [4.69, 9.17) is 65.4 Å². The van der Waals surface area contributed by atoms with Crippen molar-refractivity contribution in [3.8, 4) is 0 Å². The Morgan fingerprint density at radius 2 is 1.12 bits per heavy atom. The van der Waals surface area contributed by atoms with E-state index in [-0.39, 0.29) is 53.7 Å². The Morgan fingerprint density at radius 1 is 0.717 bits per heavy atom. The molecule has 12 atom stereocenters. The number of hydrogen-bond acceptors (Lipinski definition) is 16. The molecule has 0 aromatic carbocycles. The largest absolute Gasteiger partial charge is 0.387 e. The quantitative estimate of drug-likeness (QED) is 0.205. The number of aliphatic hydroxyl groups excluding tert-OH is 1. The Kier molecular flexibility index (Phi) is 19.6. The molecule has 23 heteroatoms. The van der Waals surface area contributed by atoms with Gasteiger partial charge in [0.25, 0.3) is 11.1 Å². The average molecular weight is 947 g/mol. The van der Waals surface area contributed by atoms with Gasteiger partial charge in [0.2, 0.25) is 0 Å². The van der Waals surface area contributed by atoms with E-state index in [1.165, 1.54) is 53.6 Å². The third kappa shape index (κ3) is 11.8. The van der Waals surface area contributed by atoms with Crippen LogP contribution in [-0.4, -0.2) is 120 Å². The molecule has 7 rings (SSSR count). The number of nitrogens with one attached hydrogen (secondary N) is 2. The Bertz CT molecular complexity index is 1860. The Morgan fingerprint density at radius 3 is 1.48 bits per heavy atom. The highest BCUT2D eigenvalue weighted by Crippen LogP contribution is 2.69. The van der Waals surface area contributed by atoms with Crippen molar-refractivity contribution in [2.75, 3.05) is 53.9 Å². The van der Waals surface area contributed by atoms with Crippen LogP contribution < -0.4 is 22.5 Å². The van der Waals surface area contributed by atoms with Gasteiger partial charge in [0.1, 0.15) is 18.3 Å². The van der Waals surface area contributed by atoms with Gasteiger partial charge in [-0.25, -0.2) is 9.59 Å². The molecule has 3 saturated heterocycles. The Balaban J connectivity index is 0.000000233. The van der Waals surface area contributed by atoms with Crippen LogP contribution in [0, 0.1) is 17.8 Å². The summed E-state index contributed by atoms with van der Waals surface area (Å²) >= 11 is 11.4. The van der Waals surface area contributed by atoms with Gasteiger partial charge in [-0.15, -0.1) is 12.4 Å². The van der Waals surface area contributed by atoms with Gasteiger partial charge < -0.3 is 46.9 Å². The van der Waals surface area contributed by atoms with E-state index in [2.05, 4.69) is 16.9 Å². The fraction of sp³-hybridized carbons (Fsp3) is 0.784. The van der Waals surface area contributed by atoms with Gasteiger partial charge in [0.15, 0.2) is 25.4 Å². The molecule has 3 N–H and O–H groups in total. The van der Waals surface area contributed by atoms with Gasteiger partial charge in [0.05, 0.1) is 38.6 Å². The van der Waals surface area contributed by atoms with E-state index in [1.807, 2.05) is 27.7 Å². The second kappa shape index (κ2) is 22.9. The summed E-state index contributed by atoms with van der Waals surface area (Å²) in [6, 6.07) is 2.53. The van der Waals surface area contributed by atoms with E-state index in [9.17, 15) is 24.3 Å². The summed E-state index contributed by atoms with van der Waals surface area (Å²) in [7, 11) is 3.05. The second-order valence-corrected chi connectivity index (χ2v) is 22.3. The van der Waals surface area contributed by atoms with Crippen molar-refractivity contribution in [2.24, 2.45) is 17.8 Å². The average Bonchev–Trinajstić information content (AvgIpc) is 4.03. The first-order chi connectivity index (χ1) is 28.2. The van der Waals surface area contributed by atoms with Crippen LogP contribution in [-0.2, 0) is 65.4 Å². The maximum Gasteiger partial charge on any atom is 0.330 e. The van der Waals surface area contributed by atoms with Crippen LogP contribution in [0.25, 0.3) is 0 Å². The number of H-pyrrole nitrogens is 2. The zero-order valence-corrected chi connectivity index (χ0v) is 39.3. The minimum absolute atomic E-state index is 0. The monoisotopic (exact) mass is 946 g/mol. The predicted molar refractivity (Wildman–Crippen MR) is 233 cm³/mol. The number of halogens is 1. The lowest BCUT2D eigenvalue weighted by atomic mass is 9.97. The summed E-state index contributed by atoms with van der Waals surface area (Å²) in [6.07, 6.45) is 2.81. The van der Waals surface area contributed by atoms with Crippen molar-refractivity contribution in [1.29, 1.82) is 0 Å². The summed E-state index contributed by atoms with van der Waals surface area (Å²) in [6.45, 7) is 8.80. The molecule has 0 radical (unpaired) electrons. The number of aromatic nitrogens is 4. The number of ether oxygens (including phenoxy) is 5. The maximum absolute atomic E-state index is 12.2. The highest BCUT2D eigenvalue weighted by molar-refractivity contribution is 8.10. The molecule has 2 saturated carbocycles. The Labute approximate surface area is 366 Å². The lowest BCUT2D eigenvalue weighted by molar-refractivity contribution is -0.0572. The molecule has 5 heterocycles. The molecule has 5 fully saturated rings. The molecule has 342 valence electrons. The highest BCUT2D eigenvalue weighted by Gasteiger charge is 2.61. The van der Waals surface area contributed by atoms with E-state index in [0.29, 0.717) is 26.4 Å². The lowest BCUT2D eigenvalue weighted by Crippen LogP contribution is -2.38. The minimum Gasteiger partial charge on any atom is -0.387 e. The normalized spacial score (nSPS) is 32.0. The van der Waals surface area contributed by atoms with Crippen LogP contribution in [0.15, 0.2) is 43.7 Å². The maximum atomic E-state index is 12.2. The van der Waals surface area contributed by atoms with Crippen LogP contribution in [0.3, 0.4) is 0 Å². The van der Waals surface area contributed by atoms with Gasteiger partial charge in [-0.2, -0.15) is 0 Å². The van der Waals surface area contributed by atoms with Gasteiger partial charge in [0, 0.05) is 75.1 Å². The van der Waals surface area contributed by atoms with Crippen LogP contribution in [0.5, 0.6) is 0 Å². The lowest BCUT2D eigenvalue weighted by Gasteiger charge is -2.23. The zero-order valence-electron chi connectivity index (χ0n) is 35.1. The molecule has 0 bridgehead atoms. The van der Waals surface area contributed by atoms with Crippen LogP contribution in [0.1, 0.15) is 72.8 Å². The molecular weight excluding hydrogens is 886 g/mol. The first-order valence-corrected chi connectivity index (χ1v) is 25.7. The number of nitrogens with zero attached hydrogens (tertiary/aromatic N) is 2. The van der Waals surface area contributed by atoms with Crippen LogP contribution in [0.2, 0.25) is 0 Å². The third-order valence-electron chi connectivity index (χ3n) is 11.0. The van der Waals surface area contributed by atoms with Crippen molar-refractivity contribution in [3.05, 3.63) is 66.2 Å². The summed E-state index contributed by atoms with van der Waals surface area (Å²) in [5.74, 6) is 0.232. The fourth-order valence-corrected chi connectivity index (χ4v) is 15.5. The minimum atomic E-state index is -2.47. The molecule has 5 aliphatic rings. The van der Waals surface area contributed by atoms with E-state index < -0.39 is 66.2 Å². The number of rotatable bonds is 16. The fourth-order valence-electron chi connectivity index (χ4n) is 8.14. The van der Waals surface area contributed by atoms with Crippen LogP contribution >= 0.6 is 25.4 Å². The molecule has 3 aliphatic heterocycles. The van der Waals surface area contributed by atoms with Crippen molar-refractivity contribution in [2.45, 2.75) is 115 Å². The first-order valence-electron chi connectivity index (χ1n) is 20.2. The number of aromatic amines is 2. The topological polar surface area (TPSA) is 213 Å². The molecule has 2 aromatic rings. The van der Waals surface area contributed by atoms with Crippen LogP contribution in [0.4, 0.5) is 0 Å². The molecular formula is C37H61ClN4O14P2S2. The van der Waals surface area contributed by atoms with Crippen molar-refractivity contribution < 1.29 is 46.9 Å². The summed E-state index contributed by atoms with van der Waals surface area (Å²) in [5.41, 5.74) is -1.92. The molecule has 18 nitrogen and oxygen atoms in total. The standard InChI is InChI=1S/C17H27N2O6PS.C16H25N2O7PS.C4H8O.ClH/c1-5-23-26(27,24-6-2)12-9-11(12)14-10(3)15(22-4)16(25-14)19-8-7-13(20)18-17(19)21;1-4-23-26(27,24-5-2)10-8-9(10)13-12(20)14(22-3)15(25-13)18-7-6-11(19)17-16(18)21;1-2-4-5-3-1;/h7-8,10-12,14-16H,5-6,9H2,1-4H3,(H,18,20,21);6-7,9-10,12-15,20H,4-5,8H2,1-3H3,(H,17,19,21);1-4H2;1H/t10?,11?,12?,14-,15-,16+;9?,10?,12?,13-,14+,15-;;/m01../s1. The molecule has 2 aliphatic carbocycles. The van der Waals surface area contributed by atoms with Crippen molar-refractivity contribution >= 4 is 49.0 Å². The number of aliphatic hydroxyl groups is 1. The second-order valence-electron chi connectivity index (χ2n) is 14.8. The van der Waals surface area contributed by atoms with Gasteiger partial charge >= 0.3 is 11.4 Å². The molecule has 2 aromatic heterocycles. The van der Waals surface area contributed by atoms with Crippen molar-refractivity contribution in [1.82, 2.24) is 19.1 Å². The number of hydrogen-bond donors (Lipinski definition) is 3. The summed E-state index contributed by atoms with van der Waals surface area (Å²) in [4.78, 5) is 51.4. The zero-order chi connectivity index (χ0) is 43.1. The molecule has 0 spiro atoms. The molecule has 60 heavy (non-hydrogen) atoms. The van der Waals surface area contributed by atoms with Gasteiger partial charge in [-0.3, -0.25) is 28.7 Å². The summed E-state index contributed by atoms with van der Waals surface area (Å²) < 4.78 is 54.1. The SMILES string of the molecule is C1CCOC1.CCOP(=S)(OCC)C1CC1[C@H]1O[C@@H](n2ccc(=O)[nH]c2=O)[C@@H](OC)C1C.CCOP(=S)(OCC)C1CC1[C@H]1O[C@@H](n2ccc(=O)[nH]c2=O)[C@@H](OC)C1O.Cl. The van der Waals surface area contributed by atoms with E-state index in [1.54, 1.807) is 7.11 Å². The van der Waals surface area contributed by atoms with Gasteiger partial charge in [-0.1, -0.05) is 6.92 Å². The molecule has 6 unspecified atom stereocenters. The highest BCUT2D eigenvalue weighted by atomic mass is 35.5. The predicted octanol–water partition coefficient (Wildman–Crippen LogP) is 3.66. The van der Waals surface area contributed by atoms with E-state index in [0.717, 1.165) is 26.1 Å². The third-order valence-corrected chi connectivity index (χ3v) is 19.2. The first kappa shape index (κ1) is 51.2. The molecule has 0 amide bonds. The van der Waals surface area contributed by atoms with Crippen molar-refractivity contribution in [3.63, 3.8) is 0 Å². The van der Waals surface area contributed by atoms with Gasteiger partial charge in [-0.05, 0) is 82.9 Å². The smallest absolute Gasteiger partial charge is 0.330 e.